The average Bonchev–Trinajstić information content (AvgIpc) is 2.34. The second-order valence-electron chi connectivity index (χ2n) is 4.61. The molecule has 5 heteroatoms. The summed E-state index contributed by atoms with van der Waals surface area (Å²) < 4.78 is 5.13. The molecule has 0 heterocycles. The zero-order valence-corrected chi connectivity index (χ0v) is 12.8. The van der Waals surface area contributed by atoms with E-state index in [0.29, 0.717) is 17.6 Å². The van der Waals surface area contributed by atoms with Gasteiger partial charge >= 0.3 is 5.97 Å². The maximum atomic E-state index is 12.0. The van der Waals surface area contributed by atoms with Crippen LogP contribution in [0.1, 0.15) is 40.5 Å². The molecule has 0 aromatic carbocycles. The summed E-state index contributed by atoms with van der Waals surface area (Å²) in [7, 11) is 0. The van der Waals surface area contributed by atoms with Crippen molar-refractivity contribution >= 4 is 17.7 Å². The van der Waals surface area contributed by atoms with E-state index in [2.05, 4.69) is 19.2 Å². The molecule has 0 saturated heterocycles. The highest BCUT2D eigenvalue weighted by Gasteiger charge is 2.34. The van der Waals surface area contributed by atoms with E-state index >= 15 is 0 Å². The number of hydrogen-bond acceptors (Lipinski definition) is 5. The largest absolute Gasteiger partial charge is 0.465 e. The van der Waals surface area contributed by atoms with Crippen LogP contribution in [0, 0.1) is 0 Å². The molecule has 2 unspecified atom stereocenters. The molecule has 0 radical (unpaired) electrons. The van der Waals surface area contributed by atoms with Gasteiger partial charge in [-0.25, -0.2) is 0 Å². The Labute approximate surface area is 115 Å². The predicted octanol–water partition coefficient (Wildman–Crippen LogP) is 1.81. The lowest BCUT2D eigenvalue weighted by atomic mass is 10.1. The summed E-state index contributed by atoms with van der Waals surface area (Å²) in [6.07, 6.45) is 1.73. The number of esters is 1. The Morgan fingerprint density at radius 3 is 2.67 bits per heavy atom. The summed E-state index contributed by atoms with van der Waals surface area (Å²) in [4.78, 5) is 12.0. The molecule has 4 nitrogen and oxygen atoms in total. The summed E-state index contributed by atoms with van der Waals surface area (Å²) in [5, 5.41) is 12.5. The van der Waals surface area contributed by atoms with Gasteiger partial charge in [0.05, 0.1) is 6.61 Å². The molecule has 0 aliphatic carbocycles. The standard InChI is InChI=1S/C13H27NO3S/c1-5-8-14-13(4,12(16)17-6-2)10-18-11(3)7-9-15/h11,14-15H,5-10H2,1-4H3. The molecular formula is C13H27NO3S. The molecule has 0 fully saturated rings. The Morgan fingerprint density at radius 2 is 2.17 bits per heavy atom. The van der Waals surface area contributed by atoms with E-state index in [-0.39, 0.29) is 12.6 Å². The van der Waals surface area contributed by atoms with Gasteiger partial charge in [0.15, 0.2) is 0 Å². The highest BCUT2D eigenvalue weighted by atomic mass is 32.2. The second-order valence-corrected chi connectivity index (χ2v) is 6.04. The first-order valence-corrected chi connectivity index (χ1v) is 7.69. The smallest absolute Gasteiger partial charge is 0.326 e. The number of rotatable bonds is 10. The van der Waals surface area contributed by atoms with E-state index in [0.717, 1.165) is 19.4 Å². The molecule has 0 bridgehead atoms. The highest BCUT2D eigenvalue weighted by molar-refractivity contribution is 8.00. The van der Waals surface area contributed by atoms with E-state index < -0.39 is 5.54 Å². The van der Waals surface area contributed by atoms with Crippen molar-refractivity contribution in [3.8, 4) is 0 Å². The highest BCUT2D eigenvalue weighted by Crippen LogP contribution is 2.21. The van der Waals surface area contributed by atoms with Crippen molar-refractivity contribution in [2.75, 3.05) is 25.5 Å². The Bertz CT molecular complexity index is 238. The van der Waals surface area contributed by atoms with Gasteiger partial charge in [-0.3, -0.25) is 4.79 Å². The number of hydrogen-bond donors (Lipinski definition) is 2. The number of aliphatic hydroxyl groups is 1. The van der Waals surface area contributed by atoms with Crippen LogP contribution in [-0.2, 0) is 9.53 Å². The van der Waals surface area contributed by atoms with Gasteiger partial charge in [0, 0.05) is 17.6 Å². The molecule has 0 spiro atoms. The molecule has 18 heavy (non-hydrogen) atoms. The van der Waals surface area contributed by atoms with Crippen LogP contribution in [0.2, 0.25) is 0 Å². The molecule has 0 aliphatic rings. The molecule has 0 rings (SSSR count). The number of ether oxygens (including phenoxy) is 1. The Kier molecular flexibility index (Phi) is 9.50. The van der Waals surface area contributed by atoms with Crippen LogP contribution < -0.4 is 5.32 Å². The lowest BCUT2D eigenvalue weighted by Gasteiger charge is -2.29. The molecule has 0 aliphatic heterocycles. The lowest BCUT2D eigenvalue weighted by Crippen LogP contribution is -2.53. The summed E-state index contributed by atoms with van der Waals surface area (Å²) in [6.45, 7) is 9.22. The normalized spacial score (nSPS) is 16.1. The fourth-order valence-electron chi connectivity index (χ4n) is 1.45. The summed E-state index contributed by atoms with van der Waals surface area (Å²) in [6, 6.07) is 0. The Hall–Kier alpha value is -0.260. The third kappa shape index (κ3) is 6.61. The zero-order chi connectivity index (χ0) is 14.0. The SMILES string of the molecule is CCCNC(C)(CSC(C)CCO)C(=O)OCC. The van der Waals surface area contributed by atoms with Crippen LogP contribution >= 0.6 is 11.8 Å². The van der Waals surface area contributed by atoms with Gasteiger partial charge in [0.1, 0.15) is 5.54 Å². The molecule has 2 atom stereocenters. The van der Waals surface area contributed by atoms with Crippen LogP contribution in [-0.4, -0.2) is 47.4 Å². The van der Waals surface area contributed by atoms with E-state index in [1.807, 2.05) is 13.8 Å². The van der Waals surface area contributed by atoms with Crippen LogP contribution in [0.5, 0.6) is 0 Å². The first-order valence-electron chi connectivity index (χ1n) is 6.64. The van der Waals surface area contributed by atoms with Crippen LogP contribution in [0.15, 0.2) is 0 Å². The third-order valence-corrected chi connectivity index (χ3v) is 4.23. The van der Waals surface area contributed by atoms with Crippen molar-refractivity contribution in [3.63, 3.8) is 0 Å². The van der Waals surface area contributed by atoms with E-state index in [9.17, 15) is 4.79 Å². The van der Waals surface area contributed by atoms with E-state index in [4.69, 9.17) is 9.84 Å². The molecule has 108 valence electrons. The first-order chi connectivity index (χ1) is 8.50. The number of aliphatic hydroxyl groups excluding tert-OH is 1. The molecular weight excluding hydrogens is 250 g/mol. The Balaban J connectivity index is 4.41. The molecule has 2 N–H and O–H groups in total. The van der Waals surface area contributed by atoms with Gasteiger partial charge in [-0.1, -0.05) is 13.8 Å². The van der Waals surface area contributed by atoms with Gasteiger partial charge in [-0.15, -0.1) is 0 Å². The van der Waals surface area contributed by atoms with Crippen molar-refractivity contribution in [3.05, 3.63) is 0 Å². The van der Waals surface area contributed by atoms with Crippen LogP contribution in [0.4, 0.5) is 0 Å². The maximum absolute atomic E-state index is 12.0. The summed E-state index contributed by atoms with van der Waals surface area (Å²) >= 11 is 1.69. The minimum atomic E-state index is -0.638. The number of thioether (sulfide) groups is 1. The van der Waals surface area contributed by atoms with Crippen molar-refractivity contribution in [1.29, 1.82) is 0 Å². The molecule has 0 amide bonds. The second kappa shape index (κ2) is 9.64. The molecule has 0 aromatic heterocycles. The number of nitrogens with one attached hydrogen (secondary N) is 1. The molecule has 0 saturated carbocycles. The van der Waals surface area contributed by atoms with E-state index in [1.54, 1.807) is 11.8 Å². The average molecular weight is 277 g/mol. The fourth-order valence-corrected chi connectivity index (χ4v) is 2.56. The summed E-state index contributed by atoms with van der Waals surface area (Å²) in [5.41, 5.74) is -0.638. The topological polar surface area (TPSA) is 58.6 Å². The summed E-state index contributed by atoms with van der Waals surface area (Å²) in [5.74, 6) is 0.467. The quantitative estimate of drug-likeness (QED) is 0.596. The van der Waals surface area contributed by atoms with Gasteiger partial charge in [0.2, 0.25) is 0 Å². The Morgan fingerprint density at radius 1 is 1.50 bits per heavy atom. The van der Waals surface area contributed by atoms with Crippen LogP contribution in [0.25, 0.3) is 0 Å². The van der Waals surface area contributed by atoms with Crippen molar-refractivity contribution in [1.82, 2.24) is 5.32 Å². The lowest BCUT2D eigenvalue weighted by molar-refractivity contribution is -0.149. The molecule has 0 aromatic rings. The van der Waals surface area contributed by atoms with Gasteiger partial charge in [0.25, 0.3) is 0 Å². The monoisotopic (exact) mass is 277 g/mol. The maximum Gasteiger partial charge on any atom is 0.326 e. The van der Waals surface area contributed by atoms with E-state index in [1.165, 1.54) is 0 Å². The third-order valence-electron chi connectivity index (χ3n) is 2.68. The zero-order valence-electron chi connectivity index (χ0n) is 12.0. The van der Waals surface area contributed by atoms with Crippen molar-refractivity contribution in [2.24, 2.45) is 0 Å². The minimum absolute atomic E-state index is 0.187. The van der Waals surface area contributed by atoms with Gasteiger partial charge in [-0.05, 0) is 33.2 Å². The predicted molar refractivity (Wildman–Crippen MR) is 77.0 cm³/mol. The number of carbonyl (C=O) groups is 1. The fraction of sp³-hybridized carbons (Fsp3) is 0.923. The number of carbonyl (C=O) groups excluding carboxylic acids is 1. The van der Waals surface area contributed by atoms with Gasteiger partial charge in [-0.2, -0.15) is 11.8 Å². The minimum Gasteiger partial charge on any atom is -0.465 e. The van der Waals surface area contributed by atoms with Gasteiger partial charge < -0.3 is 15.2 Å². The van der Waals surface area contributed by atoms with Crippen LogP contribution in [0.3, 0.4) is 0 Å². The van der Waals surface area contributed by atoms with Crippen molar-refractivity contribution in [2.45, 2.75) is 51.3 Å². The first kappa shape index (κ1) is 17.7. The van der Waals surface area contributed by atoms with Crippen molar-refractivity contribution < 1.29 is 14.6 Å².